The van der Waals surface area contributed by atoms with Gasteiger partial charge in [-0.05, 0) is 42.8 Å². The van der Waals surface area contributed by atoms with Gasteiger partial charge in [0.05, 0.1) is 5.69 Å². The van der Waals surface area contributed by atoms with Gasteiger partial charge in [-0.25, -0.2) is 4.98 Å². The fourth-order valence-electron chi connectivity index (χ4n) is 3.02. The number of pyridine rings is 1. The van der Waals surface area contributed by atoms with Crippen molar-refractivity contribution in [2.45, 2.75) is 18.3 Å². The molecule has 126 valence electrons. The van der Waals surface area contributed by atoms with E-state index in [-0.39, 0.29) is 5.41 Å². The summed E-state index contributed by atoms with van der Waals surface area (Å²) in [5.41, 5.74) is 2.06. The lowest BCUT2D eigenvalue weighted by Gasteiger charge is -2.38. The molecule has 1 aliphatic rings. The summed E-state index contributed by atoms with van der Waals surface area (Å²) in [6.45, 7) is 2.29. The minimum absolute atomic E-state index is 0.0317. The largest absolute Gasteiger partial charge is 0.381 e. The van der Waals surface area contributed by atoms with Gasteiger partial charge in [0.2, 0.25) is 0 Å². The highest BCUT2D eigenvalue weighted by Crippen LogP contribution is 2.34. The van der Waals surface area contributed by atoms with Crippen molar-refractivity contribution in [3.63, 3.8) is 0 Å². The Hall–Kier alpha value is -1.69. The Morgan fingerprint density at radius 3 is 2.62 bits per heavy atom. The zero-order chi connectivity index (χ0) is 16.8. The van der Waals surface area contributed by atoms with Gasteiger partial charge in [-0.3, -0.25) is 0 Å². The number of nitrogens with zero attached hydrogens (tertiary/aromatic N) is 1. The van der Waals surface area contributed by atoms with E-state index in [2.05, 4.69) is 39.9 Å². The van der Waals surface area contributed by atoms with Gasteiger partial charge < -0.3 is 15.4 Å². The maximum Gasteiger partial charge on any atom is 0.170 e. The number of aromatic nitrogens is 1. The molecule has 2 N–H and O–H groups in total. The van der Waals surface area contributed by atoms with E-state index < -0.39 is 0 Å². The number of hydrogen-bond donors (Lipinski definition) is 2. The minimum atomic E-state index is 0.0317. The summed E-state index contributed by atoms with van der Waals surface area (Å²) >= 11 is 11.5. The molecule has 0 radical (unpaired) electrons. The maximum atomic E-state index is 6.06. The Balaban J connectivity index is 1.68. The molecule has 1 saturated heterocycles. The quantitative estimate of drug-likeness (QED) is 0.641. The molecule has 0 amide bonds. The molecule has 0 spiro atoms. The van der Waals surface area contributed by atoms with Gasteiger partial charge in [0.1, 0.15) is 0 Å². The molecule has 1 aliphatic heterocycles. The molecule has 1 fully saturated rings. The van der Waals surface area contributed by atoms with Crippen LogP contribution in [0.2, 0.25) is 5.15 Å². The molecular formula is C18H20ClN3OS. The van der Waals surface area contributed by atoms with E-state index in [0.717, 1.165) is 32.6 Å². The molecule has 24 heavy (non-hydrogen) atoms. The predicted molar refractivity (Wildman–Crippen MR) is 102 cm³/mol. The lowest BCUT2D eigenvalue weighted by molar-refractivity contribution is 0.0515. The lowest BCUT2D eigenvalue weighted by Crippen LogP contribution is -2.45. The molecule has 1 aromatic carbocycles. The summed E-state index contributed by atoms with van der Waals surface area (Å²) in [4.78, 5) is 4.04. The van der Waals surface area contributed by atoms with Crippen molar-refractivity contribution in [1.29, 1.82) is 0 Å². The summed E-state index contributed by atoms with van der Waals surface area (Å²) in [5, 5.41) is 7.41. The molecule has 4 nitrogen and oxygen atoms in total. The highest BCUT2D eigenvalue weighted by atomic mass is 35.5. The number of ether oxygens (including phenoxy) is 1. The highest BCUT2D eigenvalue weighted by Gasteiger charge is 2.34. The molecule has 3 rings (SSSR count). The Morgan fingerprint density at radius 2 is 1.92 bits per heavy atom. The van der Waals surface area contributed by atoms with E-state index in [0.29, 0.717) is 16.0 Å². The van der Waals surface area contributed by atoms with Crippen LogP contribution >= 0.6 is 23.8 Å². The lowest BCUT2D eigenvalue weighted by atomic mass is 9.74. The normalized spacial score (nSPS) is 16.4. The number of anilines is 1. The molecule has 0 bridgehead atoms. The Morgan fingerprint density at radius 1 is 1.17 bits per heavy atom. The average molecular weight is 362 g/mol. The first-order valence-electron chi connectivity index (χ1n) is 7.98. The number of rotatable bonds is 4. The van der Waals surface area contributed by atoms with Crippen LogP contribution in [0.5, 0.6) is 0 Å². The summed E-state index contributed by atoms with van der Waals surface area (Å²) in [5.74, 6) is 0. The van der Waals surface area contributed by atoms with E-state index in [1.165, 1.54) is 5.56 Å². The van der Waals surface area contributed by atoms with Gasteiger partial charge in [0.15, 0.2) is 10.3 Å². The van der Waals surface area contributed by atoms with Crippen LogP contribution in [0.4, 0.5) is 5.69 Å². The molecular weight excluding hydrogens is 342 g/mol. The SMILES string of the molecule is S=C(NCC1(c2ccccc2)CCOCC1)Nc1cccnc1Cl. The van der Waals surface area contributed by atoms with Gasteiger partial charge in [0, 0.05) is 31.4 Å². The third kappa shape index (κ3) is 4.04. The minimum Gasteiger partial charge on any atom is -0.381 e. The van der Waals surface area contributed by atoms with Gasteiger partial charge in [-0.2, -0.15) is 0 Å². The van der Waals surface area contributed by atoms with Crippen molar-refractivity contribution in [2.75, 3.05) is 25.1 Å². The summed E-state index contributed by atoms with van der Waals surface area (Å²) in [7, 11) is 0. The fourth-order valence-corrected chi connectivity index (χ4v) is 3.37. The standard InChI is InChI=1S/C18H20ClN3OS/c19-16-15(7-4-10-20-16)22-17(24)21-13-18(8-11-23-12-9-18)14-5-2-1-3-6-14/h1-7,10H,8-9,11-13H2,(H2,21,22,24). The Kier molecular flexibility index (Phi) is 5.66. The number of thiocarbonyl (C=S) groups is 1. The van der Waals surface area contributed by atoms with Crippen LogP contribution in [0, 0.1) is 0 Å². The van der Waals surface area contributed by atoms with Gasteiger partial charge >= 0.3 is 0 Å². The predicted octanol–water partition coefficient (Wildman–Crippen LogP) is 3.77. The third-order valence-corrected chi connectivity index (χ3v) is 4.98. The number of benzene rings is 1. The Bertz CT molecular complexity index is 690. The molecule has 0 aliphatic carbocycles. The van der Waals surface area contributed by atoms with Gasteiger partial charge in [-0.1, -0.05) is 41.9 Å². The van der Waals surface area contributed by atoms with Crippen LogP contribution in [-0.2, 0) is 10.2 Å². The molecule has 1 aromatic heterocycles. The summed E-state index contributed by atoms with van der Waals surface area (Å²) < 4.78 is 5.56. The first-order chi connectivity index (χ1) is 11.7. The van der Waals surface area contributed by atoms with Crippen molar-refractivity contribution >= 4 is 34.6 Å². The van der Waals surface area contributed by atoms with E-state index in [1.807, 2.05) is 18.2 Å². The van der Waals surface area contributed by atoms with Crippen LogP contribution in [0.15, 0.2) is 48.7 Å². The second-order valence-electron chi connectivity index (χ2n) is 5.91. The van der Waals surface area contributed by atoms with Crippen LogP contribution in [-0.4, -0.2) is 29.9 Å². The molecule has 0 atom stereocenters. The van der Waals surface area contributed by atoms with Crippen LogP contribution < -0.4 is 10.6 Å². The number of nitrogens with one attached hydrogen (secondary N) is 2. The van der Waals surface area contributed by atoms with Crippen LogP contribution in [0.3, 0.4) is 0 Å². The van der Waals surface area contributed by atoms with E-state index in [4.69, 9.17) is 28.6 Å². The van der Waals surface area contributed by atoms with Crippen molar-refractivity contribution in [1.82, 2.24) is 10.3 Å². The van der Waals surface area contributed by atoms with Crippen molar-refractivity contribution in [2.24, 2.45) is 0 Å². The third-order valence-electron chi connectivity index (χ3n) is 4.43. The molecule has 0 saturated carbocycles. The zero-order valence-corrected chi connectivity index (χ0v) is 14.9. The number of hydrogen-bond acceptors (Lipinski definition) is 3. The number of halogens is 1. The van der Waals surface area contributed by atoms with E-state index in [9.17, 15) is 0 Å². The Labute approximate surface area is 152 Å². The molecule has 6 heteroatoms. The first-order valence-corrected chi connectivity index (χ1v) is 8.77. The molecule has 2 aromatic rings. The van der Waals surface area contributed by atoms with Crippen LogP contribution in [0.1, 0.15) is 18.4 Å². The van der Waals surface area contributed by atoms with Crippen molar-refractivity contribution < 1.29 is 4.74 Å². The highest BCUT2D eigenvalue weighted by molar-refractivity contribution is 7.80. The van der Waals surface area contributed by atoms with Gasteiger partial charge in [-0.15, -0.1) is 0 Å². The smallest absolute Gasteiger partial charge is 0.170 e. The molecule has 2 heterocycles. The monoisotopic (exact) mass is 361 g/mol. The van der Waals surface area contributed by atoms with E-state index >= 15 is 0 Å². The first kappa shape index (κ1) is 17.1. The second kappa shape index (κ2) is 7.92. The fraction of sp³-hybridized carbons (Fsp3) is 0.333. The summed E-state index contributed by atoms with van der Waals surface area (Å²) in [6, 6.07) is 14.2. The zero-order valence-electron chi connectivity index (χ0n) is 13.3. The maximum absolute atomic E-state index is 6.06. The van der Waals surface area contributed by atoms with Crippen LogP contribution in [0.25, 0.3) is 0 Å². The average Bonchev–Trinajstić information content (AvgIpc) is 2.63. The van der Waals surface area contributed by atoms with Crippen molar-refractivity contribution in [3.05, 3.63) is 59.4 Å². The van der Waals surface area contributed by atoms with Gasteiger partial charge in [0.25, 0.3) is 0 Å². The van der Waals surface area contributed by atoms with Crippen molar-refractivity contribution in [3.8, 4) is 0 Å². The van der Waals surface area contributed by atoms with E-state index in [1.54, 1.807) is 6.20 Å². The topological polar surface area (TPSA) is 46.2 Å². The molecule has 0 unspecified atom stereocenters. The second-order valence-corrected chi connectivity index (χ2v) is 6.67. The summed E-state index contributed by atoms with van der Waals surface area (Å²) in [6.07, 6.45) is 3.59.